The standard InChI is InChI=1S/C26H33F3N6O4S2/c1-6-35(41(5,36)37)12-15-11-17(21-20(15)38-25(3,4)39-21)32-22-19(23-33-16-9-7-8-10-18(16)40-23)14(2)31-24(34-22)30-13-26(27,28)29/h7-10,15,17,20-21H,6,11-13H2,1-5H3,(H2,30,31,32,34)/t15?,17-,20-,21+/m1/s1. The molecule has 2 fully saturated rings. The maximum absolute atomic E-state index is 13.0. The lowest BCUT2D eigenvalue weighted by Gasteiger charge is -2.27. The zero-order chi connectivity index (χ0) is 29.7. The van der Waals surface area contributed by atoms with Gasteiger partial charge in [-0.15, -0.1) is 11.3 Å². The molecule has 0 radical (unpaired) electrons. The molecular weight excluding hydrogens is 581 g/mol. The molecule has 2 N–H and O–H groups in total. The summed E-state index contributed by atoms with van der Waals surface area (Å²) in [5, 5.41) is 6.33. The fraction of sp³-hybridized carbons (Fsp3) is 0.577. The molecule has 15 heteroatoms. The van der Waals surface area contributed by atoms with E-state index in [0.29, 0.717) is 35.0 Å². The van der Waals surface area contributed by atoms with Crippen LogP contribution in [0.25, 0.3) is 20.8 Å². The largest absolute Gasteiger partial charge is 0.405 e. The summed E-state index contributed by atoms with van der Waals surface area (Å²) in [4.78, 5) is 13.5. The molecule has 0 bridgehead atoms. The smallest absolute Gasteiger partial charge is 0.364 e. The lowest BCUT2D eigenvalue weighted by Crippen LogP contribution is -2.38. The number of hydrogen-bond donors (Lipinski definition) is 2. The van der Waals surface area contributed by atoms with Gasteiger partial charge in [0.15, 0.2) is 5.79 Å². The third-order valence-corrected chi connectivity index (χ3v) is 9.61. The molecule has 3 heterocycles. The van der Waals surface area contributed by atoms with E-state index >= 15 is 0 Å². The molecule has 1 aliphatic carbocycles. The molecule has 10 nitrogen and oxygen atoms in total. The van der Waals surface area contributed by atoms with Crippen LogP contribution in [0.1, 0.15) is 32.9 Å². The van der Waals surface area contributed by atoms with E-state index in [1.807, 2.05) is 24.3 Å². The Morgan fingerprint density at radius 2 is 1.85 bits per heavy atom. The van der Waals surface area contributed by atoms with Crippen LogP contribution in [0.4, 0.5) is 24.9 Å². The summed E-state index contributed by atoms with van der Waals surface area (Å²) < 4.78 is 78.5. The summed E-state index contributed by atoms with van der Waals surface area (Å²) in [6.07, 6.45) is -3.62. The highest BCUT2D eigenvalue weighted by Crippen LogP contribution is 2.44. The van der Waals surface area contributed by atoms with Crippen LogP contribution in [-0.2, 0) is 19.5 Å². The number of para-hydroxylation sites is 1. The first-order chi connectivity index (χ1) is 19.1. The number of nitrogens with zero attached hydrogens (tertiary/aromatic N) is 4. The average molecular weight is 615 g/mol. The second-order valence-electron chi connectivity index (χ2n) is 10.8. The number of fused-ring (bicyclic) bond motifs is 2. The minimum atomic E-state index is -4.45. The number of hydrogen-bond acceptors (Lipinski definition) is 10. The normalized spacial score (nSPS) is 24.2. The summed E-state index contributed by atoms with van der Waals surface area (Å²) in [6, 6.07) is 7.25. The van der Waals surface area contributed by atoms with E-state index < -0.39 is 40.7 Å². The number of ether oxygens (including phenoxy) is 2. The van der Waals surface area contributed by atoms with Crippen LogP contribution >= 0.6 is 11.3 Å². The number of aromatic nitrogens is 3. The minimum Gasteiger partial charge on any atom is -0.364 e. The van der Waals surface area contributed by atoms with Gasteiger partial charge in [-0.2, -0.15) is 18.2 Å². The number of thiazole rings is 1. The highest BCUT2D eigenvalue weighted by molar-refractivity contribution is 7.88. The Labute approximate surface area is 240 Å². The maximum Gasteiger partial charge on any atom is 0.405 e. The van der Waals surface area contributed by atoms with Crippen molar-refractivity contribution in [1.29, 1.82) is 0 Å². The summed E-state index contributed by atoms with van der Waals surface area (Å²) >= 11 is 1.43. The van der Waals surface area contributed by atoms with Crippen molar-refractivity contribution < 1.29 is 31.1 Å². The van der Waals surface area contributed by atoms with Gasteiger partial charge in [0.1, 0.15) is 23.5 Å². The summed E-state index contributed by atoms with van der Waals surface area (Å²) in [5.74, 6) is -0.941. The number of sulfonamides is 1. The van der Waals surface area contributed by atoms with E-state index in [1.54, 1.807) is 27.7 Å². The topological polar surface area (TPSA) is 119 Å². The van der Waals surface area contributed by atoms with Crippen molar-refractivity contribution in [2.45, 2.75) is 64.3 Å². The van der Waals surface area contributed by atoms with Crippen LogP contribution in [0.2, 0.25) is 0 Å². The van der Waals surface area contributed by atoms with Crippen LogP contribution in [0.3, 0.4) is 0 Å². The molecule has 5 rings (SSSR count). The second kappa shape index (κ2) is 10.9. The van der Waals surface area contributed by atoms with Gasteiger partial charge in [-0.25, -0.2) is 22.7 Å². The van der Waals surface area contributed by atoms with Gasteiger partial charge in [-0.1, -0.05) is 19.1 Å². The van der Waals surface area contributed by atoms with E-state index in [-0.39, 0.29) is 24.5 Å². The van der Waals surface area contributed by atoms with Gasteiger partial charge in [0.05, 0.1) is 39.9 Å². The SMILES string of the molecule is CCN(CC1C[C@@H](Nc2nc(NCC(F)(F)F)nc(C)c2-c2nc3ccccc3s2)[C@@H]2OC(C)(C)O[C@H]12)S(C)(=O)=O. The lowest BCUT2D eigenvalue weighted by atomic mass is 10.1. The molecule has 1 saturated carbocycles. The molecule has 2 aliphatic rings. The van der Waals surface area contributed by atoms with Gasteiger partial charge in [0.2, 0.25) is 16.0 Å². The van der Waals surface area contributed by atoms with E-state index in [4.69, 9.17) is 14.5 Å². The highest BCUT2D eigenvalue weighted by atomic mass is 32.2. The van der Waals surface area contributed by atoms with Crippen molar-refractivity contribution in [2.75, 3.05) is 36.5 Å². The Hall–Kier alpha value is -2.59. The van der Waals surface area contributed by atoms with Crippen molar-refractivity contribution in [3.8, 4) is 10.6 Å². The fourth-order valence-corrected chi connectivity index (χ4v) is 7.51. The molecule has 41 heavy (non-hydrogen) atoms. The zero-order valence-electron chi connectivity index (χ0n) is 23.3. The molecule has 3 aromatic rings. The molecule has 0 amide bonds. The molecule has 1 aliphatic heterocycles. The molecule has 0 spiro atoms. The van der Waals surface area contributed by atoms with Crippen molar-refractivity contribution in [3.05, 3.63) is 30.0 Å². The first-order valence-corrected chi connectivity index (χ1v) is 15.9. The molecule has 224 valence electrons. The van der Waals surface area contributed by atoms with Crippen LogP contribution in [-0.4, -0.2) is 83.8 Å². The van der Waals surface area contributed by atoms with Crippen molar-refractivity contribution >= 4 is 43.3 Å². The third kappa shape index (κ3) is 6.58. The Morgan fingerprint density at radius 1 is 1.15 bits per heavy atom. The first kappa shape index (κ1) is 29.9. The molecular formula is C26H33F3N6O4S2. The van der Waals surface area contributed by atoms with Gasteiger partial charge in [-0.3, -0.25) is 0 Å². The number of benzene rings is 1. The fourth-order valence-electron chi connectivity index (χ4n) is 5.51. The number of aryl methyl sites for hydroxylation is 1. The number of anilines is 2. The predicted molar refractivity (Wildman–Crippen MR) is 151 cm³/mol. The molecule has 1 saturated heterocycles. The lowest BCUT2D eigenvalue weighted by molar-refractivity contribution is -0.157. The summed E-state index contributed by atoms with van der Waals surface area (Å²) in [7, 11) is -3.43. The van der Waals surface area contributed by atoms with E-state index in [0.717, 1.165) is 10.2 Å². The van der Waals surface area contributed by atoms with Crippen LogP contribution in [0.5, 0.6) is 0 Å². The number of rotatable bonds is 9. The average Bonchev–Trinajstić information content (AvgIpc) is 3.51. The van der Waals surface area contributed by atoms with Crippen molar-refractivity contribution in [3.63, 3.8) is 0 Å². The van der Waals surface area contributed by atoms with E-state index in [2.05, 4.69) is 20.6 Å². The molecule has 1 aromatic carbocycles. The Bertz CT molecular complexity index is 1500. The van der Waals surface area contributed by atoms with E-state index in [1.165, 1.54) is 21.9 Å². The monoisotopic (exact) mass is 614 g/mol. The number of halogens is 3. The first-order valence-electron chi connectivity index (χ1n) is 13.3. The van der Waals surface area contributed by atoms with Crippen LogP contribution in [0, 0.1) is 12.8 Å². The van der Waals surface area contributed by atoms with E-state index in [9.17, 15) is 21.6 Å². The van der Waals surface area contributed by atoms with Crippen molar-refractivity contribution in [1.82, 2.24) is 19.3 Å². The predicted octanol–water partition coefficient (Wildman–Crippen LogP) is 4.64. The summed E-state index contributed by atoms with van der Waals surface area (Å²) in [6.45, 7) is 6.37. The zero-order valence-corrected chi connectivity index (χ0v) is 25.0. The Balaban J connectivity index is 1.52. The molecule has 1 unspecified atom stereocenters. The maximum atomic E-state index is 13.0. The quantitative estimate of drug-likeness (QED) is 0.356. The second-order valence-corrected chi connectivity index (χ2v) is 13.8. The van der Waals surface area contributed by atoms with Crippen LogP contribution in [0.15, 0.2) is 24.3 Å². The van der Waals surface area contributed by atoms with Crippen LogP contribution < -0.4 is 10.6 Å². The number of nitrogens with one attached hydrogen (secondary N) is 2. The Morgan fingerprint density at radius 3 is 2.51 bits per heavy atom. The highest BCUT2D eigenvalue weighted by Gasteiger charge is 2.54. The Kier molecular flexibility index (Phi) is 7.96. The number of alkyl halides is 3. The van der Waals surface area contributed by atoms with Gasteiger partial charge >= 0.3 is 6.18 Å². The van der Waals surface area contributed by atoms with Gasteiger partial charge in [0.25, 0.3) is 0 Å². The summed E-state index contributed by atoms with van der Waals surface area (Å²) in [5.41, 5.74) is 1.82. The van der Waals surface area contributed by atoms with Gasteiger partial charge in [-0.05, 0) is 39.3 Å². The molecule has 4 atom stereocenters. The third-order valence-electron chi connectivity index (χ3n) is 7.21. The van der Waals surface area contributed by atoms with Crippen molar-refractivity contribution in [2.24, 2.45) is 5.92 Å². The van der Waals surface area contributed by atoms with Gasteiger partial charge < -0.3 is 20.1 Å². The molecule has 2 aromatic heterocycles. The minimum absolute atomic E-state index is 0.170. The van der Waals surface area contributed by atoms with Gasteiger partial charge in [0, 0.05) is 19.0 Å².